The molecule has 0 N–H and O–H groups in total. The van der Waals surface area contributed by atoms with E-state index in [4.69, 9.17) is 35.6 Å². The van der Waals surface area contributed by atoms with Gasteiger partial charge >= 0.3 is 0 Å². The van der Waals surface area contributed by atoms with Crippen LogP contribution in [-0.2, 0) is 0 Å². The van der Waals surface area contributed by atoms with Crippen molar-refractivity contribution in [2.24, 2.45) is 5.10 Å². The molecule has 0 unspecified atom stereocenters. The summed E-state index contributed by atoms with van der Waals surface area (Å²) >= 11 is 6.33. The van der Waals surface area contributed by atoms with Crippen LogP contribution in [0.4, 0.5) is 0 Å². The van der Waals surface area contributed by atoms with Gasteiger partial charge in [-0.1, -0.05) is 11.6 Å². The van der Waals surface area contributed by atoms with Gasteiger partial charge in [-0.05, 0) is 67.6 Å². The molecule has 0 bridgehead atoms. The van der Waals surface area contributed by atoms with Crippen LogP contribution in [0.25, 0.3) is 0 Å². The number of hydrazone groups is 1. The summed E-state index contributed by atoms with van der Waals surface area (Å²) in [6.07, 6.45) is 0.389. The van der Waals surface area contributed by atoms with Crippen molar-refractivity contribution in [3.05, 3.63) is 82.4 Å². The third kappa shape index (κ3) is 3.22. The lowest BCUT2D eigenvalue weighted by Gasteiger charge is -2.38. The van der Waals surface area contributed by atoms with Crippen LogP contribution in [0.15, 0.2) is 65.8 Å². The van der Waals surface area contributed by atoms with E-state index in [0.29, 0.717) is 11.6 Å². The Morgan fingerprint density at radius 3 is 2.66 bits per heavy atom. The second-order valence-electron chi connectivity index (χ2n) is 7.87. The number of nitrogens with zero attached hydrogens (tertiary/aromatic N) is 2. The average molecular weight is 449 g/mol. The van der Waals surface area contributed by atoms with Crippen molar-refractivity contribution in [3.63, 3.8) is 0 Å². The predicted molar refractivity (Wildman–Crippen MR) is 121 cm³/mol. The fourth-order valence-electron chi connectivity index (χ4n) is 4.42. The normalized spacial score (nSPS) is 20.3. The monoisotopic (exact) mass is 448 g/mol. The lowest BCUT2D eigenvalue weighted by atomic mass is 9.95. The van der Waals surface area contributed by atoms with E-state index in [0.717, 1.165) is 51.8 Å². The summed E-state index contributed by atoms with van der Waals surface area (Å²) in [5, 5.41) is 7.72. The Balaban J connectivity index is 1.40. The summed E-state index contributed by atoms with van der Waals surface area (Å²) in [4.78, 5) is 0. The van der Waals surface area contributed by atoms with E-state index in [9.17, 15) is 0 Å². The van der Waals surface area contributed by atoms with E-state index in [1.165, 1.54) is 0 Å². The van der Waals surface area contributed by atoms with Gasteiger partial charge in [0.1, 0.15) is 11.5 Å². The molecule has 0 fully saturated rings. The van der Waals surface area contributed by atoms with Crippen molar-refractivity contribution in [2.45, 2.75) is 25.6 Å². The Morgan fingerprint density at radius 2 is 1.81 bits per heavy atom. The molecule has 162 valence electrons. The maximum absolute atomic E-state index is 6.42. The SMILES string of the molecule is CCOc1ccc([C@H]2Oc3ccc(Cl)cc3[C@@H]3CC(c4ccc5c(c4)OCO5)=NN23)cc1. The molecular weight excluding hydrogens is 428 g/mol. The molecule has 3 heterocycles. The van der Waals surface area contributed by atoms with Gasteiger partial charge in [0.2, 0.25) is 13.0 Å². The number of hydrogen-bond acceptors (Lipinski definition) is 6. The molecule has 0 aliphatic carbocycles. The Kier molecular flexibility index (Phi) is 4.61. The first-order chi connectivity index (χ1) is 15.7. The van der Waals surface area contributed by atoms with Crippen LogP contribution in [0.3, 0.4) is 0 Å². The number of halogens is 1. The van der Waals surface area contributed by atoms with Gasteiger partial charge in [0.05, 0.1) is 18.4 Å². The van der Waals surface area contributed by atoms with Crippen molar-refractivity contribution in [1.82, 2.24) is 5.01 Å². The predicted octanol–water partition coefficient (Wildman–Crippen LogP) is 5.71. The zero-order valence-corrected chi connectivity index (χ0v) is 18.2. The smallest absolute Gasteiger partial charge is 0.231 e. The van der Waals surface area contributed by atoms with Crippen molar-refractivity contribution >= 4 is 17.3 Å². The summed E-state index contributed by atoms with van der Waals surface area (Å²) in [6.45, 7) is 2.85. The molecule has 3 aromatic carbocycles. The largest absolute Gasteiger partial charge is 0.494 e. The van der Waals surface area contributed by atoms with Crippen LogP contribution in [0.1, 0.15) is 42.3 Å². The molecule has 3 aliphatic rings. The quantitative estimate of drug-likeness (QED) is 0.511. The van der Waals surface area contributed by atoms with E-state index in [1.807, 2.05) is 72.6 Å². The minimum Gasteiger partial charge on any atom is -0.494 e. The molecule has 0 saturated heterocycles. The molecule has 32 heavy (non-hydrogen) atoms. The average Bonchev–Trinajstić information content (AvgIpc) is 3.46. The second kappa shape index (κ2) is 7.64. The third-order valence-electron chi connectivity index (χ3n) is 5.93. The molecular formula is C25H21ClN2O4. The summed E-state index contributed by atoms with van der Waals surface area (Å²) in [5.41, 5.74) is 4.03. The van der Waals surface area contributed by atoms with Gasteiger partial charge in [0.25, 0.3) is 0 Å². The standard InChI is InChI=1S/C25H21ClN2O4/c1-2-29-18-7-3-15(4-8-18)25-28-21(19-12-17(26)6-10-22(19)32-25)13-20(27-28)16-5-9-23-24(11-16)31-14-30-23/h3-12,21,25H,2,13-14H2,1H3/t21-,25+/m0/s1. The maximum atomic E-state index is 6.42. The minimum absolute atomic E-state index is 0.0226. The Hall–Kier alpha value is -3.38. The number of ether oxygens (including phenoxy) is 4. The highest BCUT2D eigenvalue weighted by molar-refractivity contribution is 6.30. The van der Waals surface area contributed by atoms with Crippen molar-refractivity contribution in [2.75, 3.05) is 13.4 Å². The molecule has 0 spiro atoms. The van der Waals surface area contributed by atoms with Crippen molar-refractivity contribution in [1.29, 1.82) is 0 Å². The van der Waals surface area contributed by atoms with Crippen LogP contribution < -0.4 is 18.9 Å². The van der Waals surface area contributed by atoms with E-state index in [1.54, 1.807) is 0 Å². The molecule has 3 aromatic rings. The second-order valence-corrected chi connectivity index (χ2v) is 8.31. The first-order valence-electron chi connectivity index (χ1n) is 10.6. The van der Waals surface area contributed by atoms with Crippen molar-refractivity contribution in [3.8, 4) is 23.0 Å². The molecule has 3 aliphatic heterocycles. The lowest BCUT2D eigenvalue weighted by molar-refractivity contribution is -0.0190. The zero-order chi connectivity index (χ0) is 21.7. The Morgan fingerprint density at radius 1 is 1.00 bits per heavy atom. The number of fused-ring (bicyclic) bond motifs is 4. The van der Waals surface area contributed by atoms with E-state index in [-0.39, 0.29) is 19.1 Å². The first-order valence-corrected chi connectivity index (χ1v) is 11.0. The molecule has 0 saturated carbocycles. The molecule has 0 aromatic heterocycles. The summed E-state index contributed by atoms with van der Waals surface area (Å²) in [5.74, 6) is 3.18. The van der Waals surface area contributed by atoms with Gasteiger partial charge in [-0.25, -0.2) is 5.01 Å². The van der Waals surface area contributed by atoms with E-state index < -0.39 is 0 Å². The van der Waals surface area contributed by atoms with Gasteiger partial charge in [0, 0.05) is 28.1 Å². The highest BCUT2D eigenvalue weighted by atomic mass is 35.5. The molecule has 0 amide bonds. The molecule has 2 atom stereocenters. The highest BCUT2D eigenvalue weighted by Gasteiger charge is 2.41. The third-order valence-corrected chi connectivity index (χ3v) is 6.17. The van der Waals surface area contributed by atoms with Crippen LogP contribution in [-0.4, -0.2) is 24.1 Å². The zero-order valence-electron chi connectivity index (χ0n) is 17.5. The highest BCUT2D eigenvalue weighted by Crippen LogP contribution is 2.48. The summed E-state index contributed by atoms with van der Waals surface area (Å²) in [7, 11) is 0. The Labute approximate surface area is 190 Å². The number of rotatable bonds is 4. The summed E-state index contributed by atoms with van der Waals surface area (Å²) < 4.78 is 23.0. The summed E-state index contributed by atoms with van der Waals surface area (Å²) in [6, 6.07) is 19.7. The number of benzene rings is 3. The van der Waals surface area contributed by atoms with Gasteiger partial charge in [-0.15, -0.1) is 0 Å². The first kappa shape index (κ1) is 19.3. The van der Waals surface area contributed by atoms with Crippen LogP contribution in [0.5, 0.6) is 23.0 Å². The molecule has 6 rings (SSSR count). The molecule has 7 heteroatoms. The van der Waals surface area contributed by atoms with Crippen LogP contribution in [0.2, 0.25) is 5.02 Å². The molecule has 0 radical (unpaired) electrons. The molecule has 6 nitrogen and oxygen atoms in total. The minimum atomic E-state index is -0.351. The van der Waals surface area contributed by atoms with Crippen molar-refractivity contribution < 1.29 is 18.9 Å². The number of hydrogen-bond donors (Lipinski definition) is 0. The lowest BCUT2D eigenvalue weighted by Crippen LogP contribution is -2.33. The maximum Gasteiger partial charge on any atom is 0.231 e. The van der Waals surface area contributed by atoms with Crippen LogP contribution >= 0.6 is 11.6 Å². The van der Waals surface area contributed by atoms with Gasteiger partial charge in [0.15, 0.2) is 11.5 Å². The fraction of sp³-hybridized carbons (Fsp3) is 0.240. The van der Waals surface area contributed by atoms with E-state index in [2.05, 4.69) is 0 Å². The van der Waals surface area contributed by atoms with Gasteiger partial charge < -0.3 is 18.9 Å². The topological polar surface area (TPSA) is 52.5 Å². The van der Waals surface area contributed by atoms with Gasteiger partial charge in [-0.3, -0.25) is 0 Å². The van der Waals surface area contributed by atoms with Crippen LogP contribution in [0, 0.1) is 0 Å². The Bertz CT molecular complexity index is 1210. The fourth-order valence-corrected chi connectivity index (χ4v) is 4.60. The van der Waals surface area contributed by atoms with E-state index >= 15 is 0 Å². The van der Waals surface area contributed by atoms with Gasteiger partial charge in [-0.2, -0.15) is 5.10 Å².